The van der Waals surface area contributed by atoms with Gasteiger partial charge >= 0.3 is 11.9 Å². The number of benzene rings is 1. The van der Waals surface area contributed by atoms with Gasteiger partial charge in [-0.2, -0.15) is 9.97 Å². The number of ether oxygens (including phenoxy) is 2. The first-order valence-corrected chi connectivity index (χ1v) is 18.3. The van der Waals surface area contributed by atoms with Gasteiger partial charge in [0.15, 0.2) is 22.8 Å². The lowest BCUT2D eigenvalue weighted by molar-refractivity contribution is -0.160. The van der Waals surface area contributed by atoms with Crippen LogP contribution >= 0.6 is 21.6 Å². The van der Waals surface area contributed by atoms with E-state index in [0.29, 0.717) is 34.7 Å². The van der Waals surface area contributed by atoms with Gasteiger partial charge in [0.1, 0.15) is 23.8 Å². The number of carbonyl (C=O) groups excluding carboxylic acids is 4. The molecule has 1 atom stereocenters. The van der Waals surface area contributed by atoms with Crippen molar-refractivity contribution in [2.24, 2.45) is 5.92 Å². The lowest BCUT2D eigenvalue weighted by Crippen LogP contribution is -2.33. The molecule has 0 aliphatic carbocycles. The molecule has 1 aromatic carbocycles. The number of nitrogen functional groups attached to an aromatic ring is 2. The number of hydrogen-bond acceptors (Lipinski definition) is 16. The molecule has 0 aliphatic rings. The van der Waals surface area contributed by atoms with Crippen LogP contribution in [0, 0.1) is 5.92 Å². The van der Waals surface area contributed by atoms with Gasteiger partial charge in [0, 0.05) is 43.1 Å². The summed E-state index contributed by atoms with van der Waals surface area (Å²) in [6.45, 7) is 5.45. The van der Waals surface area contributed by atoms with E-state index in [0.717, 1.165) is 10.7 Å². The molecule has 51 heavy (non-hydrogen) atoms. The van der Waals surface area contributed by atoms with Gasteiger partial charge in [-0.3, -0.25) is 19.2 Å². The van der Waals surface area contributed by atoms with Crippen LogP contribution in [0.15, 0.2) is 59.9 Å². The van der Waals surface area contributed by atoms with E-state index in [2.05, 4.69) is 30.2 Å². The lowest BCUT2D eigenvalue weighted by atomic mass is 9.93. The summed E-state index contributed by atoms with van der Waals surface area (Å²) in [6.07, 6.45) is 3.09. The summed E-state index contributed by atoms with van der Waals surface area (Å²) in [7, 11) is 4.84. The number of ketones is 1. The smallest absolute Gasteiger partial charge is 0.325 e. The fourth-order valence-electron chi connectivity index (χ4n) is 4.63. The number of pyridine rings is 1. The summed E-state index contributed by atoms with van der Waals surface area (Å²) in [5, 5.41) is 3.38. The molecule has 17 heteroatoms. The van der Waals surface area contributed by atoms with Crippen molar-refractivity contribution in [3.05, 3.63) is 66.1 Å². The Morgan fingerprint density at radius 1 is 1.00 bits per heavy atom. The lowest BCUT2D eigenvalue weighted by Gasteiger charge is -2.24. The number of aromatic nitrogens is 5. The molecular weight excluding hydrogens is 695 g/mol. The number of nitrogens with two attached hydrogens (primary N) is 2. The Bertz CT molecular complexity index is 1830. The van der Waals surface area contributed by atoms with Gasteiger partial charge in [-0.25, -0.2) is 15.0 Å². The second-order valence-corrected chi connectivity index (χ2v) is 14.8. The van der Waals surface area contributed by atoms with Crippen molar-refractivity contribution in [2.45, 2.75) is 57.2 Å². The predicted octanol–water partition coefficient (Wildman–Crippen LogP) is 4.03. The van der Waals surface area contributed by atoms with Gasteiger partial charge < -0.3 is 31.2 Å². The number of hydrogen-bond donors (Lipinski definition) is 3. The second-order valence-electron chi connectivity index (χ2n) is 12.4. The topological polar surface area (TPSA) is 218 Å². The number of rotatable bonds is 17. The van der Waals surface area contributed by atoms with E-state index >= 15 is 0 Å². The standard InChI is InChI=1S/C34H41N9O6S2/c1-34(2,3)49-32(47)22(10-13-26(45)38-19-28(46)48-15-16-50-51-27-7-5-6-14-37-27)17-25(44)21-8-11-24(12-9-21)43(4)20-23-18-39-31-29(40-23)30(35)41-33(36)42-31/h5-9,11-12,14,18,22H,10,13,15-17,19-20H2,1-4H3,(H,38,45)(H4,35,36,39,41,42)/t22-/m1/s1. The quantitative estimate of drug-likeness (QED) is 0.0603. The Hall–Kier alpha value is -5.03. The van der Waals surface area contributed by atoms with Crippen molar-refractivity contribution in [1.82, 2.24) is 30.2 Å². The van der Waals surface area contributed by atoms with Gasteiger partial charge in [0.2, 0.25) is 11.9 Å². The summed E-state index contributed by atoms with van der Waals surface area (Å²) in [4.78, 5) is 74.0. The van der Waals surface area contributed by atoms with E-state index in [1.807, 2.05) is 30.1 Å². The summed E-state index contributed by atoms with van der Waals surface area (Å²) in [5.74, 6) is -2.04. The van der Waals surface area contributed by atoms with Crippen molar-refractivity contribution >= 4 is 73.8 Å². The van der Waals surface area contributed by atoms with Crippen LogP contribution in [0.2, 0.25) is 0 Å². The maximum absolute atomic E-state index is 13.3. The van der Waals surface area contributed by atoms with Crippen molar-refractivity contribution < 1.29 is 28.7 Å². The maximum Gasteiger partial charge on any atom is 0.325 e. The summed E-state index contributed by atoms with van der Waals surface area (Å²) in [5.41, 5.74) is 13.3. The molecule has 4 rings (SSSR count). The molecule has 0 fully saturated rings. The average Bonchev–Trinajstić information content (AvgIpc) is 3.08. The van der Waals surface area contributed by atoms with Crippen molar-refractivity contribution in [2.75, 3.05) is 42.3 Å². The number of anilines is 3. The highest BCUT2D eigenvalue weighted by molar-refractivity contribution is 8.76. The van der Waals surface area contributed by atoms with Crippen LogP contribution < -0.4 is 21.7 Å². The van der Waals surface area contributed by atoms with Crippen LogP contribution in [0.5, 0.6) is 0 Å². The van der Waals surface area contributed by atoms with E-state index < -0.39 is 29.4 Å². The van der Waals surface area contributed by atoms with Crippen molar-refractivity contribution in [3.8, 4) is 0 Å². The van der Waals surface area contributed by atoms with Crippen molar-refractivity contribution in [1.29, 1.82) is 0 Å². The molecule has 0 unspecified atom stereocenters. The summed E-state index contributed by atoms with van der Waals surface area (Å²) in [6, 6.07) is 12.5. The molecule has 0 radical (unpaired) electrons. The highest BCUT2D eigenvalue weighted by Crippen LogP contribution is 2.28. The number of amides is 1. The first-order chi connectivity index (χ1) is 24.3. The number of nitrogens with one attached hydrogen (secondary N) is 1. The van der Waals surface area contributed by atoms with Gasteiger partial charge in [-0.15, -0.1) is 0 Å². The van der Waals surface area contributed by atoms with E-state index in [4.69, 9.17) is 20.9 Å². The number of fused-ring (bicyclic) bond motifs is 1. The fourth-order valence-corrected chi connectivity index (χ4v) is 6.33. The van der Waals surface area contributed by atoms with Crippen LogP contribution in [0.1, 0.15) is 56.1 Å². The van der Waals surface area contributed by atoms with Crippen LogP contribution in [-0.4, -0.2) is 80.1 Å². The first kappa shape index (κ1) is 38.8. The third-order valence-corrected chi connectivity index (χ3v) is 9.29. The average molecular weight is 736 g/mol. The van der Waals surface area contributed by atoms with Crippen LogP contribution in [0.4, 0.5) is 17.5 Å². The Morgan fingerprint density at radius 3 is 2.47 bits per heavy atom. The zero-order valence-corrected chi connectivity index (χ0v) is 30.5. The molecule has 15 nitrogen and oxygen atoms in total. The molecule has 4 aromatic rings. The van der Waals surface area contributed by atoms with Crippen molar-refractivity contribution in [3.63, 3.8) is 0 Å². The maximum atomic E-state index is 13.3. The minimum atomic E-state index is -0.872. The SMILES string of the molecule is CN(Cc1cnc2nc(N)nc(N)c2n1)c1ccc(C(=O)C[C@@H](CCC(=O)NCC(=O)OCCSSc2ccccn2)C(=O)OC(C)(C)C)cc1. The van der Waals surface area contributed by atoms with E-state index in [-0.39, 0.29) is 50.0 Å². The Balaban J connectivity index is 1.26. The van der Waals surface area contributed by atoms with E-state index in [9.17, 15) is 19.2 Å². The zero-order chi connectivity index (χ0) is 37.0. The predicted molar refractivity (Wildman–Crippen MR) is 197 cm³/mol. The minimum Gasteiger partial charge on any atom is -0.463 e. The van der Waals surface area contributed by atoms with Gasteiger partial charge in [0.05, 0.1) is 24.4 Å². The molecule has 3 aromatic heterocycles. The monoisotopic (exact) mass is 735 g/mol. The Kier molecular flexibility index (Phi) is 13.9. The van der Waals surface area contributed by atoms with E-state index in [1.165, 1.54) is 21.6 Å². The number of carbonyl (C=O) groups is 4. The summed E-state index contributed by atoms with van der Waals surface area (Å²) < 4.78 is 10.7. The highest BCUT2D eigenvalue weighted by atomic mass is 33.1. The van der Waals surface area contributed by atoms with Crippen LogP contribution in [-0.2, 0) is 30.4 Å². The van der Waals surface area contributed by atoms with Gasteiger partial charge in [-0.05, 0) is 74.4 Å². The third-order valence-electron chi connectivity index (χ3n) is 7.06. The summed E-state index contributed by atoms with van der Waals surface area (Å²) >= 11 is 0. The number of Topliss-reactive ketones (excluding diaryl/α,β-unsaturated/α-hetero) is 1. The third kappa shape index (κ3) is 12.7. The van der Waals surface area contributed by atoms with Crippen LogP contribution in [0.25, 0.3) is 11.2 Å². The zero-order valence-electron chi connectivity index (χ0n) is 28.8. The molecule has 0 saturated heterocycles. The molecule has 3 heterocycles. The molecule has 0 bridgehead atoms. The second kappa shape index (κ2) is 18.3. The highest BCUT2D eigenvalue weighted by Gasteiger charge is 2.28. The first-order valence-electron chi connectivity index (χ1n) is 16.0. The number of esters is 2. The molecular formula is C34H41N9O6S2. The molecule has 270 valence electrons. The van der Waals surface area contributed by atoms with Crippen LogP contribution in [0.3, 0.4) is 0 Å². The molecule has 0 spiro atoms. The minimum absolute atomic E-state index is 0.0181. The number of nitrogens with zero attached hydrogens (tertiary/aromatic N) is 6. The molecule has 1 amide bonds. The molecule has 5 N–H and O–H groups in total. The Morgan fingerprint density at radius 2 is 1.76 bits per heavy atom. The van der Waals surface area contributed by atoms with Gasteiger partial charge in [0.25, 0.3) is 0 Å². The molecule has 0 aliphatic heterocycles. The largest absolute Gasteiger partial charge is 0.463 e. The normalized spacial score (nSPS) is 11.8. The van der Waals surface area contributed by atoms with E-state index in [1.54, 1.807) is 57.4 Å². The molecule has 0 saturated carbocycles. The fraction of sp³-hybridized carbons (Fsp3) is 0.382. The van der Waals surface area contributed by atoms with Gasteiger partial charge in [-0.1, -0.05) is 16.9 Å². The Labute approximate surface area is 303 Å².